The monoisotopic (exact) mass is 374 g/mol. The third kappa shape index (κ3) is 4.80. The summed E-state index contributed by atoms with van der Waals surface area (Å²) in [6.45, 7) is 5.47. The van der Waals surface area contributed by atoms with Crippen molar-refractivity contribution >= 4 is 35.1 Å². The van der Waals surface area contributed by atoms with Gasteiger partial charge in [0.25, 0.3) is 11.6 Å². The summed E-state index contributed by atoms with van der Waals surface area (Å²) in [6, 6.07) is 11.0. The molecule has 0 aliphatic rings. The van der Waals surface area contributed by atoms with E-state index in [1.165, 1.54) is 18.3 Å². The van der Waals surface area contributed by atoms with Gasteiger partial charge in [0.15, 0.2) is 0 Å². The molecule has 136 valence electrons. The Morgan fingerprint density at radius 3 is 2.46 bits per heavy atom. The first-order valence-electron chi connectivity index (χ1n) is 8.08. The number of amides is 1. The molecule has 0 unspecified atom stereocenters. The van der Waals surface area contributed by atoms with E-state index in [2.05, 4.69) is 10.5 Å². The largest absolute Gasteiger partial charge is 0.372 e. The molecule has 0 radical (unpaired) electrons. The van der Waals surface area contributed by atoms with Crippen LogP contribution in [0.15, 0.2) is 47.6 Å². The molecule has 0 fully saturated rings. The summed E-state index contributed by atoms with van der Waals surface area (Å²) in [4.78, 5) is 24.7. The highest BCUT2D eigenvalue weighted by atomic mass is 35.5. The average Bonchev–Trinajstić information content (AvgIpc) is 2.64. The number of halogens is 1. The molecule has 1 N–H and O–H groups in total. The van der Waals surface area contributed by atoms with Crippen molar-refractivity contribution in [2.45, 2.75) is 13.8 Å². The summed E-state index contributed by atoms with van der Waals surface area (Å²) in [5.41, 5.74) is 4.16. The van der Waals surface area contributed by atoms with E-state index in [0.29, 0.717) is 16.1 Å². The molecule has 2 aromatic carbocycles. The summed E-state index contributed by atoms with van der Waals surface area (Å²) in [5.74, 6) is -0.396. The number of hydrogen-bond acceptors (Lipinski definition) is 5. The predicted molar refractivity (Wildman–Crippen MR) is 103 cm³/mol. The Balaban J connectivity index is 2.23. The first-order valence-corrected chi connectivity index (χ1v) is 8.46. The molecule has 1 amide bonds. The maximum atomic E-state index is 12.1. The Kier molecular flexibility index (Phi) is 6.68. The first-order chi connectivity index (χ1) is 12.5. The van der Waals surface area contributed by atoms with Crippen LogP contribution in [0.1, 0.15) is 29.8 Å². The van der Waals surface area contributed by atoms with Crippen LogP contribution in [-0.2, 0) is 0 Å². The highest BCUT2D eigenvalue weighted by Crippen LogP contribution is 2.24. The van der Waals surface area contributed by atoms with Gasteiger partial charge in [-0.3, -0.25) is 14.9 Å². The van der Waals surface area contributed by atoms with Crippen LogP contribution in [0.3, 0.4) is 0 Å². The standard InChI is InChI=1S/C18H19ClN4O3/c1-3-22(4-2)17-10-9-16(23(25)26)11-14(17)12-20-21-18(24)13-5-7-15(19)8-6-13/h5-12H,3-4H2,1-2H3,(H,21,24). The molecule has 0 spiro atoms. The fraction of sp³-hybridized carbons (Fsp3) is 0.222. The molecular formula is C18H19ClN4O3. The smallest absolute Gasteiger partial charge is 0.271 e. The van der Waals surface area contributed by atoms with Crippen LogP contribution in [0.25, 0.3) is 0 Å². The molecule has 0 saturated carbocycles. The molecule has 7 nitrogen and oxygen atoms in total. The average molecular weight is 375 g/mol. The molecule has 2 rings (SSSR count). The van der Waals surface area contributed by atoms with Crippen molar-refractivity contribution in [3.63, 3.8) is 0 Å². The van der Waals surface area contributed by atoms with E-state index < -0.39 is 10.8 Å². The second-order valence-corrected chi connectivity index (χ2v) is 5.81. The summed E-state index contributed by atoms with van der Waals surface area (Å²) in [7, 11) is 0. The number of hydrazone groups is 1. The minimum Gasteiger partial charge on any atom is -0.372 e. The molecule has 0 heterocycles. The molecular weight excluding hydrogens is 356 g/mol. The molecule has 0 aromatic heterocycles. The normalized spacial score (nSPS) is 10.7. The predicted octanol–water partition coefficient (Wildman–Crippen LogP) is 3.86. The summed E-state index contributed by atoms with van der Waals surface area (Å²) < 4.78 is 0. The lowest BCUT2D eigenvalue weighted by molar-refractivity contribution is -0.384. The zero-order chi connectivity index (χ0) is 19.1. The number of nitrogens with one attached hydrogen (secondary N) is 1. The SMILES string of the molecule is CCN(CC)c1ccc([N+](=O)[O-])cc1C=NNC(=O)c1ccc(Cl)cc1. The highest BCUT2D eigenvalue weighted by molar-refractivity contribution is 6.30. The Hall–Kier alpha value is -2.93. The number of benzene rings is 2. The van der Waals surface area contributed by atoms with Crippen LogP contribution >= 0.6 is 11.6 Å². The second-order valence-electron chi connectivity index (χ2n) is 5.38. The number of carbonyl (C=O) groups is 1. The number of nitro groups is 1. The molecule has 0 bridgehead atoms. The number of nitrogens with zero attached hydrogens (tertiary/aromatic N) is 3. The van der Waals surface area contributed by atoms with Crippen molar-refractivity contribution in [2.75, 3.05) is 18.0 Å². The Bertz CT molecular complexity index is 818. The van der Waals surface area contributed by atoms with Crippen molar-refractivity contribution in [3.8, 4) is 0 Å². The summed E-state index contributed by atoms with van der Waals surface area (Å²) >= 11 is 5.79. The number of hydrogen-bond donors (Lipinski definition) is 1. The Morgan fingerprint density at radius 1 is 1.23 bits per heavy atom. The van der Waals surface area contributed by atoms with E-state index >= 15 is 0 Å². The topological polar surface area (TPSA) is 87.8 Å². The minimum atomic E-state index is -0.463. The Labute approximate surface area is 156 Å². The fourth-order valence-electron chi connectivity index (χ4n) is 2.44. The van der Waals surface area contributed by atoms with Gasteiger partial charge in [-0.25, -0.2) is 5.43 Å². The van der Waals surface area contributed by atoms with Crippen molar-refractivity contribution in [3.05, 3.63) is 68.7 Å². The van der Waals surface area contributed by atoms with E-state index in [0.717, 1.165) is 18.8 Å². The lowest BCUT2D eigenvalue weighted by atomic mass is 10.1. The third-order valence-corrected chi connectivity index (χ3v) is 4.05. The van der Waals surface area contributed by atoms with E-state index in [1.807, 2.05) is 18.7 Å². The van der Waals surface area contributed by atoms with Crippen molar-refractivity contribution < 1.29 is 9.72 Å². The molecule has 2 aromatic rings. The van der Waals surface area contributed by atoms with Gasteiger partial charge in [0, 0.05) is 47.1 Å². The van der Waals surface area contributed by atoms with Gasteiger partial charge < -0.3 is 4.90 Å². The van der Waals surface area contributed by atoms with Crippen LogP contribution in [0.4, 0.5) is 11.4 Å². The van der Waals surface area contributed by atoms with Gasteiger partial charge in [-0.15, -0.1) is 0 Å². The van der Waals surface area contributed by atoms with Crippen molar-refractivity contribution in [1.29, 1.82) is 0 Å². The molecule has 26 heavy (non-hydrogen) atoms. The number of anilines is 1. The van der Waals surface area contributed by atoms with Crippen LogP contribution < -0.4 is 10.3 Å². The number of carbonyl (C=O) groups excluding carboxylic acids is 1. The first kappa shape index (κ1) is 19.4. The fourth-order valence-corrected chi connectivity index (χ4v) is 2.56. The molecule has 0 aliphatic heterocycles. The number of nitro benzene ring substituents is 1. The van der Waals surface area contributed by atoms with Gasteiger partial charge in [-0.1, -0.05) is 11.6 Å². The van der Waals surface area contributed by atoms with E-state index in [9.17, 15) is 14.9 Å². The van der Waals surface area contributed by atoms with Gasteiger partial charge in [-0.2, -0.15) is 5.10 Å². The molecule has 8 heteroatoms. The Morgan fingerprint density at radius 2 is 1.88 bits per heavy atom. The molecule has 0 saturated heterocycles. The van der Waals surface area contributed by atoms with Crippen LogP contribution in [-0.4, -0.2) is 30.1 Å². The van der Waals surface area contributed by atoms with Crippen LogP contribution in [0.5, 0.6) is 0 Å². The third-order valence-electron chi connectivity index (χ3n) is 3.80. The lowest BCUT2D eigenvalue weighted by Crippen LogP contribution is -2.23. The summed E-state index contributed by atoms with van der Waals surface area (Å²) in [6.07, 6.45) is 1.41. The zero-order valence-electron chi connectivity index (χ0n) is 14.5. The number of rotatable bonds is 7. The second kappa shape index (κ2) is 8.96. The maximum absolute atomic E-state index is 12.1. The van der Waals surface area contributed by atoms with Crippen LogP contribution in [0.2, 0.25) is 5.02 Å². The molecule has 0 aliphatic carbocycles. The van der Waals surface area contributed by atoms with Gasteiger partial charge >= 0.3 is 0 Å². The van der Waals surface area contributed by atoms with E-state index in [4.69, 9.17) is 11.6 Å². The minimum absolute atomic E-state index is 0.0358. The van der Waals surface area contributed by atoms with E-state index in [1.54, 1.807) is 30.3 Å². The highest BCUT2D eigenvalue weighted by Gasteiger charge is 2.13. The van der Waals surface area contributed by atoms with Crippen molar-refractivity contribution in [1.82, 2.24) is 5.43 Å². The lowest BCUT2D eigenvalue weighted by Gasteiger charge is -2.22. The van der Waals surface area contributed by atoms with Gasteiger partial charge in [0.2, 0.25) is 0 Å². The van der Waals surface area contributed by atoms with Gasteiger partial charge in [-0.05, 0) is 44.2 Å². The maximum Gasteiger partial charge on any atom is 0.271 e. The number of non-ortho nitro benzene ring substituents is 1. The van der Waals surface area contributed by atoms with Crippen molar-refractivity contribution in [2.24, 2.45) is 5.10 Å². The quantitative estimate of drug-likeness (QED) is 0.453. The van der Waals surface area contributed by atoms with Gasteiger partial charge in [0.05, 0.1) is 11.1 Å². The summed E-state index contributed by atoms with van der Waals surface area (Å²) in [5, 5.41) is 15.5. The van der Waals surface area contributed by atoms with Gasteiger partial charge in [0.1, 0.15) is 0 Å². The molecule has 0 atom stereocenters. The van der Waals surface area contributed by atoms with E-state index in [-0.39, 0.29) is 5.69 Å². The zero-order valence-corrected chi connectivity index (χ0v) is 15.2. The van der Waals surface area contributed by atoms with Crippen LogP contribution in [0, 0.1) is 10.1 Å².